The van der Waals surface area contributed by atoms with E-state index in [1.807, 2.05) is 6.07 Å². The maximum atomic E-state index is 10.7. The maximum absolute atomic E-state index is 10.7. The summed E-state index contributed by atoms with van der Waals surface area (Å²) in [6, 6.07) is 6.12. The molecule has 0 unspecified atom stereocenters. The van der Waals surface area contributed by atoms with E-state index in [0.717, 1.165) is 31.6 Å². The minimum absolute atomic E-state index is 0.0823. The lowest BCUT2D eigenvalue weighted by molar-refractivity contribution is -0.384. The minimum Gasteiger partial charge on any atom is -0.489 e. The van der Waals surface area contributed by atoms with Crippen LogP contribution >= 0.6 is 0 Å². The normalized spacial score (nSPS) is 22.5. The zero-order valence-electron chi connectivity index (χ0n) is 10.8. The fourth-order valence-electron chi connectivity index (χ4n) is 2.35. The predicted octanol–water partition coefficient (Wildman–Crippen LogP) is 3.42. The predicted molar refractivity (Wildman–Crippen MR) is 69.9 cm³/mol. The second kappa shape index (κ2) is 5.70. The highest BCUT2D eigenvalue weighted by atomic mass is 16.6. The van der Waals surface area contributed by atoms with Crippen LogP contribution in [0.4, 0.5) is 5.69 Å². The molecule has 0 aliphatic heterocycles. The number of nitrogens with zero attached hydrogens (tertiary/aromatic N) is 2. The molecule has 1 aliphatic rings. The zero-order chi connectivity index (χ0) is 13.8. The smallest absolute Gasteiger partial charge is 0.271 e. The van der Waals surface area contributed by atoms with Gasteiger partial charge in [0.2, 0.25) is 0 Å². The Kier molecular flexibility index (Phi) is 4.00. The van der Waals surface area contributed by atoms with E-state index in [0.29, 0.717) is 5.75 Å². The summed E-state index contributed by atoms with van der Waals surface area (Å²) in [4.78, 5) is 10.2. The van der Waals surface area contributed by atoms with Crippen molar-refractivity contribution >= 4 is 5.69 Å². The largest absolute Gasteiger partial charge is 0.489 e. The minimum atomic E-state index is -0.507. The number of benzene rings is 1. The Morgan fingerprint density at radius 3 is 2.63 bits per heavy atom. The Bertz CT molecular complexity index is 514. The lowest BCUT2D eigenvalue weighted by Crippen LogP contribution is -2.23. The third-order valence-corrected chi connectivity index (χ3v) is 3.55. The van der Waals surface area contributed by atoms with Crippen LogP contribution in [0.1, 0.15) is 38.2 Å². The van der Waals surface area contributed by atoms with Crippen molar-refractivity contribution in [3.8, 4) is 11.8 Å². The van der Waals surface area contributed by atoms with Gasteiger partial charge in [-0.25, -0.2) is 0 Å². The second-order valence-electron chi connectivity index (χ2n) is 5.05. The molecule has 0 bridgehead atoms. The van der Waals surface area contributed by atoms with Crippen molar-refractivity contribution in [1.82, 2.24) is 0 Å². The number of rotatable bonds is 3. The van der Waals surface area contributed by atoms with Gasteiger partial charge in [0.15, 0.2) is 0 Å². The van der Waals surface area contributed by atoms with Gasteiger partial charge in [0, 0.05) is 12.1 Å². The van der Waals surface area contributed by atoms with Crippen molar-refractivity contribution in [2.75, 3.05) is 0 Å². The molecule has 2 rings (SSSR count). The standard InChI is InChI=1S/C14H16N2O3/c1-10-2-5-13(6-3-10)19-14-7-4-12(16(17)18)8-11(14)9-15/h4,7-8,10,13H,2-3,5-6H2,1H3. The molecule has 0 heterocycles. The maximum Gasteiger partial charge on any atom is 0.271 e. The number of nitriles is 1. The summed E-state index contributed by atoms with van der Waals surface area (Å²) in [6.45, 7) is 2.23. The van der Waals surface area contributed by atoms with Crippen molar-refractivity contribution in [1.29, 1.82) is 5.26 Å². The van der Waals surface area contributed by atoms with Crippen LogP contribution in [0.5, 0.6) is 5.75 Å². The molecule has 1 aromatic carbocycles. The highest BCUT2D eigenvalue weighted by Gasteiger charge is 2.21. The van der Waals surface area contributed by atoms with E-state index in [1.165, 1.54) is 18.2 Å². The van der Waals surface area contributed by atoms with Gasteiger partial charge in [-0.1, -0.05) is 6.92 Å². The summed E-state index contributed by atoms with van der Waals surface area (Å²) in [7, 11) is 0. The number of hydrogen-bond acceptors (Lipinski definition) is 4. The first-order valence-electron chi connectivity index (χ1n) is 6.45. The molecule has 0 aromatic heterocycles. The lowest BCUT2D eigenvalue weighted by Gasteiger charge is -2.27. The van der Waals surface area contributed by atoms with Crippen LogP contribution in [0.15, 0.2) is 18.2 Å². The molecule has 100 valence electrons. The van der Waals surface area contributed by atoms with Crippen LogP contribution in [-0.2, 0) is 0 Å². The van der Waals surface area contributed by atoms with E-state index in [1.54, 1.807) is 0 Å². The first kappa shape index (κ1) is 13.3. The summed E-state index contributed by atoms with van der Waals surface area (Å²) >= 11 is 0. The first-order valence-corrected chi connectivity index (χ1v) is 6.45. The zero-order valence-corrected chi connectivity index (χ0v) is 10.8. The van der Waals surface area contributed by atoms with Gasteiger partial charge in [-0.05, 0) is 37.7 Å². The van der Waals surface area contributed by atoms with Crippen LogP contribution in [-0.4, -0.2) is 11.0 Å². The molecule has 1 aromatic rings. The van der Waals surface area contributed by atoms with Crippen molar-refractivity contribution in [3.63, 3.8) is 0 Å². The quantitative estimate of drug-likeness (QED) is 0.616. The van der Waals surface area contributed by atoms with Gasteiger partial charge >= 0.3 is 0 Å². The van der Waals surface area contributed by atoms with Crippen LogP contribution in [0.3, 0.4) is 0 Å². The molecule has 5 heteroatoms. The summed E-state index contributed by atoms with van der Waals surface area (Å²) < 4.78 is 5.82. The summed E-state index contributed by atoms with van der Waals surface area (Å²) in [5, 5.41) is 19.7. The Labute approximate surface area is 112 Å². The molecule has 5 nitrogen and oxygen atoms in total. The van der Waals surface area contributed by atoms with Crippen molar-refractivity contribution in [3.05, 3.63) is 33.9 Å². The molecule has 0 saturated heterocycles. The molecule has 19 heavy (non-hydrogen) atoms. The van der Waals surface area contributed by atoms with Crippen LogP contribution in [0.25, 0.3) is 0 Å². The van der Waals surface area contributed by atoms with E-state index in [4.69, 9.17) is 10.00 Å². The Balaban J connectivity index is 2.12. The van der Waals surface area contributed by atoms with Crippen molar-refractivity contribution in [2.45, 2.75) is 38.7 Å². The van der Waals surface area contributed by atoms with Gasteiger partial charge in [-0.15, -0.1) is 0 Å². The van der Waals surface area contributed by atoms with Crippen LogP contribution < -0.4 is 4.74 Å². The lowest BCUT2D eigenvalue weighted by atomic mass is 9.89. The van der Waals surface area contributed by atoms with Gasteiger partial charge < -0.3 is 4.74 Å². The molecular formula is C14H16N2O3. The molecule has 0 spiro atoms. The van der Waals surface area contributed by atoms with E-state index < -0.39 is 4.92 Å². The van der Waals surface area contributed by atoms with Gasteiger partial charge in [0.1, 0.15) is 17.4 Å². The number of ether oxygens (including phenoxy) is 1. The van der Waals surface area contributed by atoms with Gasteiger partial charge in [0.25, 0.3) is 5.69 Å². The molecule has 0 atom stereocenters. The molecule has 1 aliphatic carbocycles. The number of hydrogen-bond donors (Lipinski definition) is 0. The summed E-state index contributed by atoms with van der Waals surface area (Å²) in [5.74, 6) is 1.18. The highest BCUT2D eigenvalue weighted by molar-refractivity contribution is 5.50. The fraction of sp³-hybridized carbons (Fsp3) is 0.500. The number of nitro groups is 1. The SMILES string of the molecule is CC1CCC(Oc2ccc([N+](=O)[O-])cc2C#N)CC1. The monoisotopic (exact) mass is 260 g/mol. The van der Waals surface area contributed by atoms with Crippen molar-refractivity contribution in [2.24, 2.45) is 5.92 Å². The summed E-state index contributed by atoms with van der Waals surface area (Å²) in [5.41, 5.74) is 0.147. The van der Waals surface area contributed by atoms with E-state index in [9.17, 15) is 10.1 Å². The van der Waals surface area contributed by atoms with E-state index in [2.05, 4.69) is 6.92 Å². The van der Waals surface area contributed by atoms with Crippen LogP contribution in [0.2, 0.25) is 0 Å². The molecule has 1 saturated carbocycles. The Morgan fingerprint density at radius 2 is 2.05 bits per heavy atom. The van der Waals surface area contributed by atoms with E-state index in [-0.39, 0.29) is 17.4 Å². The highest BCUT2D eigenvalue weighted by Crippen LogP contribution is 2.30. The number of non-ortho nitro benzene ring substituents is 1. The molecular weight excluding hydrogens is 244 g/mol. The second-order valence-corrected chi connectivity index (χ2v) is 5.05. The Morgan fingerprint density at radius 1 is 1.37 bits per heavy atom. The molecule has 0 amide bonds. The average Bonchev–Trinajstić information content (AvgIpc) is 2.41. The Hall–Kier alpha value is -2.09. The molecule has 1 fully saturated rings. The molecule has 0 radical (unpaired) electrons. The topological polar surface area (TPSA) is 76.2 Å². The number of nitro benzene ring substituents is 1. The third-order valence-electron chi connectivity index (χ3n) is 3.55. The van der Waals surface area contributed by atoms with Gasteiger partial charge in [-0.2, -0.15) is 5.26 Å². The average molecular weight is 260 g/mol. The third kappa shape index (κ3) is 3.22. The fourth-order valence-corrected chi connectivity index (χ4v) is 2.35. The van der Waals surface area contributed by atoms with Crippen LogP contribution in [0, 0.1) is 27.4 Å². The van der Waals surface area contributed by atoms with Gasteiger partial charge in [-0.3, -0.25) is 10.1 Å². The first-order chi connectivity index (χ1) is 9.10. The van der Waals surface area contributed by atoms with Gasteiger partial charge in [0.05, 0.1) is 11.0 Å². The van der Waals surface area contributed by atoms with E-state index >= 15 is 0 Å². The molecule has 0 N–H and O–H groups in total. The summed E-state index contributed by atoms with van der Waals surface area (Å²) in [6.07, 6.45) is 4.32. The van der Waals surface area contributed by atoms with Crippen molar-refractivity contribution < 1.29 is 9.66 Å².